The number of benzene rings is 2. The summed E-state index contributed by atoms with van der Waals surface area (Å²) in [7, 11) is 0. The van der Waals surface area contributed by atoms with Gasteiger partial charge in [-0.1, -0.05) is 36.8 Å². The third-order valence-corrected chi connectivity index (χ3v) is 7.12. The number of nitro benzene ring substituents is 1. The van der Waals surface area contributed by atoms with E-state index >= 15 is 0 Å². The van der Waals surface area contributed by atoms with Gasteiger partial charge in [0, 0.05) is 5.56 Å². The van der Waals surface area contributed by atoms with E-state index in [4.69, 9.17) is 24.4 Å². The summed E-state index contributed by atoms with van der Waals surface area (Å²) in [4.78, 5) is 11.4. The lowest BCUT2D eigenvalue weighted by Gasteiger charge is -2.48. The van der Waals surface area contributed by atoms with Crippen LogP contribution < -0.4 is 9.47 Å². The third kappa shape index (κ3) is 2.52. The van der Waals surface area contributed by atoms with Crippen molar-refractivity contribution in [1.29, 1.82) is 21.2 Å². The van der Waals surface area contributed by atoms with E-state index in [-0.39, 0.29) is 23.9 Å². The molecule has 2 fully saturated rings. The Balaban J connectivity index is 1.84. The lowest BCUT2D eigenvalue weighted by molar-refractivity contribution is -0.387. The van der Waals surface area contributed by atoms with Crippen molar-refractivity contribution < 1.29 is 23.9 Å². The van der Waals surface area contributed by atoms with Gasteiger partial charge in [-0.15, -0.1) is 0 Å². The summed E-state index contributed by atoms with van der Waals surface area (Å²) in [5, 5.41) is 51.8. The molecule has 0 aliphatic carbocycles. The van der Waals surface area contributed by atoms with E-state index < -0.39 is 45.1 Å². The number of nitrogens with one attached hydrogen (secondary N) is 1. The van der Waals surface area contributed by atoms with Gasteiger partial charge in [0.05, 0.1) is 40.7 Å². The largest absolute Gasteiger partial charge is 0.454 e. The molecule has 0 radical (unpaired) electrons. The summed E-state index contributed by atoms with van der Waals surface area (Å²) in [5.41, 5.74) is -3.73. The molecule has 0 amide bonds. The number of fused-ring (bicyclic) bond motifs is 3. The molecule has 3 heterocycles. The molecular formula is C24H17N5O6. The average molecular weight is 471 g/mol. The number of hydrogen-bond acceptors (Lipinski definition) is 10. The maximum Gasteiger partial charge on any atom is 0.279 e. The molecule has 2 aromatic rings. The Morgan fingerprint density at radius 2 is 1.71 bits per heavy atom. The molecule has 4 atom stereocenters. The highest BCUT2D eigenvalue weighted by Gasteiger charge is 2.80. The highest BCUT2D eigenvalue weighted by molar-refractivity contribution is 5.89. The number of nitrogens with zero attached hydrogens (tertiary/aromatic N) is 4. The number of nitriles is 3. The van der Waals surface area contributed by atoms with Gasteiger partial charge in [0.15, 0.2) is 16.9 Å². The minimum absolute atomic E-state index is 0.124. The number of rotatable bonds is 3. The lowest BCUT2D eigenvalue weighted by atomic mass is 9.53. The molecule has 1 N–H and O–H groups in total. The van der Waals surface area contributed by atoms with Crippen LogP contribution in [0.1, 0.15) is 29.7 Å². The van der Waals surface area contributed by atoms with E-state index in [1.807, 2.05) is 25.1 Å². The predicted octanol–water partition coefficient (Wildman–Crippen LogP) is 3.74. The number of nitro groups is 1. The highest BCUT2D eigenvalue weighted by atomic mass is 16.7. The van der Waals surface area contributed by atoms with E-state index in [1.54, 1.807) is 31.2 Å². The molecule has 11 heteroatoms. The minimum atomic E-state index is -2.36. The topological polar surface area (TPSA) is 175 Å². The van der Waals surface area contributed by atoms with E-state index in [0.717, 1.165) is 11.6 Å². The average Bonchev–Trinajstić information content (AvgIpc) is 3.37. The first-order valence-corrected chi connectivity index (χ1v) is 10.6. The van der Waals surface area contributed by atoms with Crippen molar-refractivity contribution in [2.45, 2.75) is 25.7 Å². The van der Waals surface area contributed by atoms with Gasteiger partial charge >= 0.3 is 0 Å². The second kappa shape index (κ2) is 7.17. The molecule has 2 saturated heterocycles. The Hall–Kier alpha value is -4.66. The van der Waals surface area contributed by atoms with E-state index in [2.05, 4.69) is 0 Å². The molecular weight excluding hydrogens is 454 g/mol. The minimum Gasteiger partial charge on any atom is -0.454 e. The van der Waals surface area contributed by atoms with Crippen LogP contribution >= 0.6 is 0 Å². The number of aryl methyl sites for hydroxylation is 1. The fourth-order valence-corrected chi connectivity index (χ4v) is 5.25. The molecule has 3 aliphatic rings. The van der Waals surface area contributed by atoms with Gasteiger partial charge < -0.3 is 18.9 Å². The normalized spacial score (nSPS) is 29.4. The Labute approximate surface area is 199 Å². The first-order valence-electron chi connectivity index (χ1n) is 10.6. The quantitative estimate of drug-likeness (QED) is 0.516. The Morgan fingerprint density at radius 3 is 2.29 bits per heavy atom. The first-order chi connectivity index (χ1) is 16.7. The molecule has 35 heavy (non-hydrogen) atoms. The molecule has 174 valence electrons. The van der Waals surface area contributed by atoms with E-state index in [1.165, 1.54) is 6.07 Å². The summed E-state index contributed by atoms with van der Waals surface area (Å²) in [6, 6.07) is 15.2. The van der Waals surface area contributed by atoms with Crippen LogP contribution in [0.3, 0.4) is 0 Å². The standard InChI is InChI=1S/C24H17N5O6/c1-13-3-5-15(6-4-13)24-14(2)23(11-27,21(28)35-24)22(9-25,10-26)20(34-24)16-7-18-19(33-12-32-18)8-17(16)29(30)31/h3-8,14,20,28H,12H2,1-2H3. The zero-order valence-corrected chi connectivity index (χ0v) is 18.6. The molecule has 5 rings (SSSR count). The van der Waals surface area contributed by atoms with Gasteiger partial charge in [-0.25, -0.2) is 0 Å². The van der Waals surface area contributed by atoms with Crippen molar-refractivity contribution in [3.05, 3.63) is 63.2 Å². The van der Waals surface area contributed by atoms with Crippen LogP contribution in [0.5, 0.6) is 11.5 Å². The monoisotopic (exact) mass is 471 g/mol. The van der Waals surface area contributed by atoms with Gasteiger partial charge in [0.2, 0.25) is 23.9 Å². The van der Waals surface area contributed by atoms with Crippen molar-refractivity contribution in [3.8, 4) is 29.7 Å². The molecule has 2 bridgehead atoms. The summed E-state index contributed by atoms with van der Waals surface area (Å²) < 4.78 is 22.9. The zero-order valence-electron chi connectivity index (χ0n) is 18.6. The summed E-state index contributed by atoms with van der Waals surface area (Å²) >= 11 is 0. The van der Waals surface area contributed by atoms with Gasteiger partial charge in [-0.3, -0.25) is 15.5 Å². The second-order valence-corrected chi connectivity index (χ2v) is 8.66. The third-order valence-electron chi connectivity index (χ3n) is 7.12. The molecule has 3 aliphatic heterocycles. The fourth-order valence-electron chi connectivity index (χ4n) is 5.25. The van der Waals surface area contributed by atoms with Crippen LogP contribution in [0.15, 0.2) is 36.4 Å². The van der Waals surface area contributed by atoms with Crippen molar-refractivity contribution in [2.75, 3.05) is 6.79 Å². The molecule has 11 nitrogen and oxygen atoms in total. The van der Waals surface area contributed by atoms with E-state index in [0.29, 0.717) is 5.56 Å². The maximum absolute atomic E-state index is 12.0. The van der Waals surface area contributed by atoms with Crippen LogP contribution in [-0.4, -0.2) is 17.6 Å². The number of ether oxygens (including phenoxy) is 4. The SMILES string of the molecule is Cc1ccc(C23OC(=N)C(C#N)(C2C)C(C#N)(C#N)C(c2cc4c(cc2[N+](=O)[O-])OCO4)O3)cc1. The van der Waals surface area contributed by atoms with Crippen molar-refractivity contribution in [2.24, 2.45) is 16.7 Å². The molecule has 0 saturated carbocycles. The molecule has 2 aromatic carbocycles. The highest BCUT2D eigenvalue weighted by Crippen LogP contribution is 2.69. The summed E-state index contributed by atoms with van der Waals surface area (Å²) in [6.45, 7) is 3.28. The van der Waals surface area contributed by atoms with Crippen LogP contribution in [0.2, 0.25) is 0 Å². The lowest BCUT2D eigenvalue weighted by Crippen LogP contribution is -2.57. The van der Waals surface area contributed by atoms with Gasteiger partial charge in [-0.05, 0) is 13.0 Å². The van der Waals surface area contributed by atoms with Crippen LogP contribution in [0.4, 0.5) is 5.69 Å². The van der Waals surface area contributed by atoms with Gasteiger partial charge in [0.1, 0.15) is 6.10 Å². The van der Waals surface area contributed by atoms with Gasteiger partial charge in [0.25, 0.3) is 5.69 Å². The second-order valence-electron chi connectivity index (χ2n) is 8.66. The molecule has 4 unspecified atom stereocenters. The van der Waals surface area contributed by atoms with E-state index in [9.17, 15) is 25.9 Å². The Bertz CT molecular complexity index is 1400. The fraction of sp³-hybridized carbons (Fsp3) is 0.333. The number of hydrogen-bond donors (Lipinski definition) is 1. The molecule has 0 aromatic heterocycles. The summed E-state index contributed by atoms with van der Waals surface area (Å²) in [5.74, 6) is -3.07. The van der Waals surface area contributed by atoms with Crippen molar-refractivity contribution >= 4 is 11.6 Å². The Kier molecular flexibility index (Phi) is 4.54. The zero-order chi connectivity index (χ0) is 25.2. The van der Waals surface area contributed by atoms with Gasteiger partial charge in [-0.2, -0.15) is 15.8 Å². The first kappa shape index (κ1) is 22.1. The van der Waals surface area contributed by atoms with Crippen molar-refractivity contribution in [1.82, 2.24) is 0 Å². The summed E-state index contributed by atoms with van der Waals surface area (Å²) in [6.07, 6.45) is -1.65. The smallest absolute Gasteiger partial charge is 0.279 e. The van der Waals surface area contributed by atoms with Crippen LogP contribution in [-0.2, 0) is 15.3 Å². The molecule has 0 spiro atoms. The predicted molar refractivity (Wildman–Crippen MR) is 116 cm³/mol. The van der Waals surface area contributed by atoms with Crippen molar-refractivity contribution in [3.63, 3.8) is 0 Å². The maximum atomic E-state index is 12.0. The van der Waals surface area contributed by atoms with Crippen LogP contribution in [0, 0.1) is 73.2 Å². The van der Waals surface area contributed by atoms with Crippen LogP contribution in [0.25, 0.3) is 0 Å². The Morgan fingerprint density at radius 1 is 1.09 bits per heavy atom.